The Morgan fingerprint density at radius 2 is 1.85 bits per heavy atom. The van der Waals surface area contributed by atoms with Crippen LogP contribution in [0, 0.1) is 0 Å². The van der Waals surface area contributed by atoms with Crippen LogP contribution < -0.4 is 0 Å². The molecule has 4 rings (SSSR count). The van der Waals surface area contributed by atoms with E-state index in [9.17, 15) is 0 Å². The number of fused-ring (bicyclic) bond motifs is 2. The summed E-state index contributed by atoms with van der Waals surface area (Å²) in [5, 5.41) is 1.13. The summed E-state index contributed by atoms with van der Waals surface area (Å²) in [4.78, 5) is 13.5. The number of hydrogen-bond acceptors (Lipinski definition) is 3. The molecule has 126 valence electrons. The van der Waals surface area contributed by atoms with Gasteiger partial charge in [0.15, 0.2) is 0 Å². The van der Waals surface area contributed by atoms with Crippen molar-refractivity contribution in [2.75, 3.05) is 0 Å². The number of rotatable bonds is 4. The third kappa shape index (κ3) is 2.62. The minimum absolute atomic E-state index is 0.789. The van der Waals surface area contributed by atoms with Crippen LogP contribution in [0.3, 0.4) is 0 Å². The third-order valence-electron chi connectivity index (χ3n) is 4.50. The molecule has 0 N–H and O–H groups in total. The highest BCUT2D eigenvalue weighted by molar-refractivity contribution is 5.92. The number of hydrogen-bond donors (Lipinski definition) is 0. The van der Waals surface area contributed by atoms with Crippen LogP contribution in [0.4, 0.5) is 5.69 Å². The number of para-hydroxylation sites is 1. The molecule has 4 aromatic rings. The van der Waals surface area contributed by atoms with E-state index >= 15 is 0 Å². The lowest BCUT2D eigenvalue weighted by Crippen LogP contribution is -1.91. The van der Waals surface area contributed by atoms with Crippen molar-refractivity contribution in [2.45, 2.75) is 0 Å². The number of benzene rings is 2. The molecule has 0 aliphatic heterocycles. The van der Waals surface area contributed by atoms with Crippen molar-refractivity contribution in [1.82, 2.24) is 14.5 Å². The van der Waals surface area contributed by atoms with E-state index in [1.54, 1.807) is 6.08 Å². The van der Waals surface area contributed by atoms with E-state index in [0.29, 0.717) is 0 Å². The highest BCUT2D eigenvalue weighted by Crippen LogP contribution is 2.29. The van der Waals surface area contributed by atoms with E-state index in [-0.39, 0.29) is 0 Å². The van der Waals surface area contributed by atoms with E-state index in [1.807, 2.05) is 60.2 Å². The molecule has 0 aliphatic carbocycles. The maximum Gasteiger partial charge on any atom is 0.133 e. The molecule has 2 aromatic heterocycles. The Morgan fingerprint density at radius 1 is 1.00 bits per heavy atom. The molecule has 2 heterocycles. The average Bonchev–Trinajstić information content (AvgIpc) is 3.01. The molecule has 0 bridgehead atoms. The van der Waals surface area contributed by atoms with Gasteiger partial charge in [-0.3, -0.25) is 4.99 Å². The Bertz CT molecular complexity index is 1180. The summed E-state index contributed by atoms with van der Waals surface area (Å²) in [5.74, 6) is 0.847. The van der Waals surface area contributed by atoms with Gasteiger partial charge in [-0.25, -0.2) is 9.97 Å². The van der Waals surface area contributed by atoms with Gasteiger partial charge < -0.3 is 4.57 Å². The number of nitrogens with zero attached hydrogens (tertiary/aromatic N) is 4. The summed E-state index contributed by atoms with van der Waals surface area (Å²) in [5.41, 5.74) is 5.47. The van der Waals surface area contributed by atoms with Gasteiger partial charge in [-0.05, 0) is 43.1 Å². The first-order valence-electron chi connectivity index (χ1n) is 8.34. The first kappa shape index (κ1) is 16.0. The minimum atomic E-state index is 0.789. The zero-order chi connectivity index (χ0) is 18.1. The quantitative estimate of drug-likeness (QED) is 0.476. The van der Waals surface area contributed by atoms with Crippen LogP contribution in [0.5, 0.6) is 0 Å². The molecule has 0 unspecified atom stereocenters. The van der Waals surface area contributed by atoms with Crippen LogP contribution in [0.2, 0.25) is 0 Å². The maximum atomic E-state index is 4.76. The summed E-state index contributed by atoms with van der Waals surface area (Å²) in [6.07, 6.45) is 5.73. The third-order valence-corrected chi connectivity index (χ3v) is 4.50. The topological polar surface area (TPSA) is 43.1 Å². The van der Waals surface area contributed by atoms with Crippen LogP contribution >= 0.6 is 0 Å². The van der Waals surface area contributed by atoms with E-state index < -0.39 is 0 Å². The molecule has 0 saturated heterocycles. The minimum Gasteiger partial charge on any atom is -0.328 e. The van der Waals surface area contributed by atoms with Crippen LogP contribution in [0.25, 0.3) is 40.2 Å². The summed E-state index contributed by atoms with van der Waals surface area (Å²) in [7, 11) is 2.00. The maximum absolute atomic E-state index is 4.76. The molecule has 0 spiro atoms. The largest absolute Gasteiger partial charge is 0.328 e. The highest BCUT2D eigenvalue weighted by atomic mass is 15.1. The smallest absolute Gasteiger partial charge is 0.133 e. The molecule has 0 atom stereocenters. The predicted molar refractivity (Wildman–Crippen MR) is 111 cm³/mol. The Kier molecular flexibility index (Phi) is 3.93. The van der Waals surface area contributed by atoms with Gasteiger partial charge >= 0.3 is 0 Å². The average molecular weight is 338 g/mol. The number of pyridine rings is 1. The summed E-state index contributed by atoms with van der Waals surface area (Å²) in [6, 6.07) is 16.1. The normalized spacial score (nSPS) is 11.4. The van der Waals surface area contributed by atoms with Crippen molar-refractivity contribution in [3.05, 3.63) is 72.2 Å². The summed E-state index contributed by atoms with van der Waals surface area (Å²) < 4.78 is 2.05. The van der Waals surface area contributed by atoms with Crippen LogP contribution in [-0.2, 0) is 7.05 Å². The van der Waals surface area contributed by atoms with Crippen molar-refractivity contribution in [3.63, 3.8) is 0 Å². The lowest BCUT2D eigenvalue weighted by Gasteiger charge is -2.02. The number of aromatic nitrogens is 3. The lowest BCUT2D eigenvalue weighted by molar-refractivity contribution is 0.930. The van der Waals surface area contributed by atoms with Gasteiger partial charge in [0.25, 0.3) is 0 Å². The monoisotopic (exact) mass is 338 g/mol. The SMILES string of the molecule is C=Cc1c(N=C)ccc2c1nc(/C=C/c1ccc3ccccc3n1)n2C. The van der Waals surface area contributed by atoms with Crippen molar-refractivity contribution < 1.29 is 0 Å². The van der Waals surface area contributed by atoms with Gasteiger partial charge in [0.1, 0.15) is 5.82 Å². The van der Waals surface area contributed by atoms with E-state index in [0.717, 1.165) is 44.7 Å². The standard InChI is InChI=1S/C22H18N4/c1-4-17-19(23-2)12-13-20-22(17)25-21(26(20)3)14-11-16-10-9-15-7-5-6-8-18(15)24-16/h4-14H,1-2H2,3H3/b14-11+. The zero-order valence-corrected chi connectivity index (χ0v) is 14.6. The van der Waals surface area contributed by atoms with E-state index in [2.05, 4.69) is 35.4 Å². The Hall–Kier alpha value is -3.53. The molecule has 0 saturated carbocycles. The second-order valence-corrected chi connectivity index (χ2v) is 6.02. The molecular weight excluding hydrogens is 320 g/mol. The number of aliphatic imine (C=N–C) groups is 1. The van der Waals surface area contributed by atoms with E-state index in [4.69, 9.17) is 4.98 Å². The van der Waals surface area contributed by atoms with Crippen molar-refractivity contribution in [3.8, 4) is 0 Å². The molecule has 4 nitrogen and oxygen atoms in total. The fraction of sp³-hybridized carbons (Fsp3) is 0.0455. The van der Waals surface area contributed by atoms with Crippen LogP contribution in [-0.4, -0.2) is 21.3 Å². The van der Waals surface area contributed by atoms with Crippen LogP contribution in [0.1, 0.15) is 17.1 Å². The molecular formula is C22H18N4. The molecule has 4 heteroatoms. The van der Waals surface area contributed by atoms with Gasteiger partial charge in [0.2, 0.25) is 0 Å². The van der Waals surface area contributed by atoms with Crippen molar-refractivity contribution in [2.24, 2.45) is 12.0 Å². The van der Waals surface area contributed by atoms with E-state index in [1.165, 1.54) is 0 Å². The van der Waals surface area contributed by atoms with Gasteiger partial charge in [0.05, 0.1) is 27.9 Å². The lowest BCUT2D eigenvalue weighted by atomic mass is 10.1. The fourth-order valence-electron chi connectivity index (χ4n) is 3.11. The van der Waals surface area contributed by atoms with Gasteiger partial charge in [-0.1, -0.05) is 36.9 Å². The zero-order valence-electron chi connectivity index (χ0n) is 14.6. The van der Waals surface area contributed by atoms with Crippen LogP contribution in [0.15, 0.2) is 60.1 Å². The highest BCUT2D eigenvalue weighted by Gasteiger charge is 2.11. The fourth-order valence-corrected chi connectivity index (χ4v) is 3.11. The summed E-state index contributed by atoms with van der Waals surface area (Å²) in [6.45, 7) is 7.51. The van der Waals surface area contributed by atoms with Gasteiger partial charge in [0, 0.05) is 18.0 Å². The number of aryl methyl sites for hydroxylation is 1. The first-order chi connectivity index (χ1) is 12.7. The Labute approximate surface area is 151 Å². The predicted octanol–water partition coefficient (Wildman–Crippen LogP) is 5.27. The molecule has 0 aliphatic rings. The summed E-state index contributed by atoms with van der Waals surface area (Å²) >= 11 is 0. The molecule has 26 heavy (non-hydrogen) atoms. The number of imidazole rings is 1. The molecule has 0 radical (unpaired) electrons. The Balaban J connectivity index is 1.78. The first-order valence-corrected chi connectivity index (χ1v) is 8.34. The Morgan fingerprint density at radius 3 is 2.65 bits per heavy atom. The van der Waals surface area contributed by atoms with Gasteiger partial charge in [-0.15, -0.1) is 0 Å². The molecule has 2 aromatic carbocycles. The second kappa shape index (κ2) is 6.41. The molecule has 0 amide bonds. The van der Waals surface area contributed by atoms with Crippen molar-refractivity contribution >= 4 is 52.6 Å². The van der Waals surface area contributed by atoms with Crippen molar-refractivity contribution in [1.29, 1.82) is 0 Å². The van der Waals surface area contributed by atoms with Gasteiger partial charge in [-0.2, -0.15) is 0 Å². The molecule has 0 fully saturated rings. The second-order valence-electron chi connectivity index (χ2n) is 6.02.